The summed E-state index contributed by atoms with van der Waals surface area (Å²) >= 11 is 0. The van der Waals surface area contributed by atoms with Crippen molar-refractivity contribution in [2.75, 3.05) is 13.7 Å². The van der Waals surface area contributed by atoms with Gasteiger partial charge < -0.3 is 24.4 Å². The van der Waals surface area contributed by atoms with E-state index in [9.17, 15) is 19.8 Å². The first-order valence-corrected chi connectivity index (χ1v) is 6.20. The highest BCUT2D eigenvalue weighted by atomic mass is 16.6. The predicted molar refractivity (Wildman–Crippen MR) is 71.8 cm³/mol. The molecular weight excluding hydrogens is 280 g/mol. The summed E-state index contributed by atoms with van der Waals surface area (Å²) in [5.74, 6) is -1.07. The number of hydrogen-bond donors (Lipinski definition) is 2. The van der Waals surface area contributed by atoms with Gasteiger partial charge in [0, 0.05) is 13.8 Å². The molecule has 0 aromatic heterocycles. The number of aliphatic hydroxyl groups excluding tert-OH is 1. The second kappa shape index (κ2) is 7.49. The van der Waals surface area contributed by atoms with E-state index >= 15 is 0 Å². The smallest absolute Gasteiger partial charge is 0.303 e. The zero-order valence-corrected chi connectivity index (χ0v) is 12.0. The molecule has 21 heavy (non-hydrogen) atoms. The van der Waals surface area contributed by atoms with Crippen molar-refractivity contribution in [3.8, 4) is 11.5 Å². The number of benzene rings is 1. The van der Waals surface area contributed by atoms with Gasteiger partial charge in [-0.05, 0) is 17.7 Å². The number of esters is 2. The van der Waals surface area contributed by atoms with E-state index in [0.717, 1.165) is 0 Å². The molecule has 0 aliphatic heterocycles. The van der Waals surface area contributed by atoms with Gasteiger partial charge in [-0.2, -0.15) is 0 Å². The Morgan fingerprint density at radius 1 is 1.24 bits per heavy atom. The fourth-order valence-electron chi connectivity index (χ4n) is 1.71. The van der Waals surface area contributed by atoms with E-state index in [4.69, 9.17) is 14.2 Å². The van der Waals surface area contributed by atoms with Gasteiger partial charge in [0.15, 0.2) is 17.6 Å². The van der Waals surface area contributed by atoms with Crippen LogP contribution in [0.15, 0.2) is 18.2 Å². The van der Waals surface area contributed by atoms with Crippen LogP contribution in [0.4, 0.5) is 0 Å². The highest BCUT2D eigenvalue weighted by molar-refractivity contribution is 5.67. The van der Waals surface area contributed by atoms with Crippen molar-refractivity contribution in [2.24, 2.45) is 0 Å². The lowest BCUT2D eigenvalue weighted by Crippen LogP contribution is -2.28. The van der Waals surface area contributed by atoms with Crippen molar-refractivity contribution in [3.63, 3.8) is 0 Å². The lowest BCUT2D eigenvalue weighted by atomic mass is 10.0. The van der Waals surface area contributed by atoms with Crippen LogP contribution < -0.4 is 4.74 Å². The van der Waals surface area contributed by atoms with E-state index in [1.165, 1.54) is 39.2 Å². The van der Waals surface area contributed by atoms with Gasteiger partial charge in [0.25, 0.3) is 0 Å². The molecule has 2 unspecified atom stereocenters. The molecule has 116 valence electrons. The lowest BCUT2D eigenvalue weighted by Gasteiger charge is -2.23. The van der Waals surface area contributed by atoms with E-state index in [1.54, 1.807) is 0 Å². The third-order valence-electron chi connectivity index (χ3n) is 2.63. The number of rotatable bonds is 6. The molecule has 0 saturated carbocycles. The van der Waals surface area contributed by atoms with Crippen LogP contribution in [-0.4, -0.2) is 42.0 Å². The molecule has 2 N–H and O–H groups in total. The summed E-state index contributed by atoms with van der Waals surface area (Å²) < 4.78 is 14.7. The molecule has 1 aromatic carbocycles. The molecule has 1 aromatic rings. The Labute approximate surface area is 122 Å². The highest BCUT2D eigenvalue weighted by Gasteiger charge is 2.26. The summed E-state index contributed by atoms with van der Waals surface area (Å²) in [5.41, 5.74) is 0.402. The molecule has 0 aliphatic rings. The molecule has 1 rings (SSSR count). The number of carbonyl (C=O) groups excluding carboxylic acids is 2. The number of aromatic hydroxyl groups is 1. The maximum absolute atomic E-state index is 11.2. The highest BCUT2D eigenvalue weighted by Crippen LogP contribution is 2.31. The summed E-state index contributed by atoms with van der Waals surface area (Å²) in [6, 6.07) is 4.26. The topological polar surface area (TPSA) is 102 Å². The van der Waals surface area contributed by atoms with Crippen LogP contribution in [0.2, 0.25) is 0 Å². The monoisotopic (exact) mass is 298 g/mol. The largest absolute Gasteiger partial charge is 0.504 e. The fraction of sp³-hybridized carbons (Fsp3) is 0.429. The third-order valence-corrected chi connectivity index (χ3v) is 2.63. The normalized spacial score (nSPS) is 13.1. The van der Waals surface area contributed by atoms with Crippen molar-refractivity contribution in [1.82, 2.24) is 0 Å². The SMILES string of the molecule is COc1cc(C(OC(C)=O)C(O)COC(C)=O)ccc1O. The Morgan fingerprint density at radius 3 is 2.43 bits per heavy atom. The number of methoxy groups -OCH3 is 1. The Bertz CT molecular complexity index is 512. The molecule has 0 heterocycles. The number of carbonyl (C=O) groups is 2. The molecule has 0 amide bonds. The first-order valence-electron chi connectivity index (χ1n) is 6.20. The van der Waals surface area contributed by atoms with E-state index in [0.29, 0.717) is 5.56 Å². The van der Waals surface area contributed by atoms with Crippen LogP contribution in [0, 0.1) is 0 Å². The van der Waals surface area contributed by atoms with Gasteiger partial charge in [-0.25, -0.2) is 0 Å². The maximum atomic E-state index is 11.2. The average Bonchev–Trinajstić information content (AvgIpc) is 2.42. The molecule has 0 aliphatic carbocycles. The van der Waals surface area contributed by atoms with Crippen molar-refractivity contribution in [2.45, 2.75) is 26.1 Å². The third kappa shape index (κ3) is 4.96. The molecular formula is C14H18O7. The number of hydrogen-bond acceptors (Lipinski definition) is 7. The molecule has 0 radical (unpaired) electrons. The molecule has 7 heteroatoms. The summed E-state index contributed by atoms with van der Waals surface area (Å²) in [6.45, 7) is 2.08. The van der Waals surface area contributed by atoms with Crippen LogP contribution in [0.1, 0.15) is 25.5 Å². The molecule has 0 saturated heterocycles. The lowest BCUT2D eigenvalue weighted by molar-refractivity contribution is -0.158. The Hall–Kier alpha value is -2.28. The van der Waals surface area contributed by atoms with Gasteiger partial charge in [0.05, 0.1) is 7.11 Å². The second-order valence-electron chi connectivity index (χ2n) is 4.33. The molecule has 0 bridgehead atoms. The second-order valence-corrected chi connectivity index (χ2v) is 4.33. The van der Waals surface area contributed by atoms with E-state index in [-0.39, 0.29) is 18.1 Å². The van der Waals surface area contributed by atoms with Gasteiger partial charge in [-0.15, -0.1) is 0 Å². The van der Waals surface area contributed by atoms with Gasteiger partial charge in [-0.1, -0.05) is 6.07 Å². The summed E-state index contributed by atoms with van der Waals surface area (Å²) in [5, 5.41) is 19.6. The summed E-state index contributed by atoms with van der Waals surface area (Å²) in [6.07, 6.45) is -2.29. The van der Waals surface area contributed by atoms with Crippen molar-refractivity contribution >= 4 is 11.9 Å². The number of ether oxygens (including phenoxy) is 3. The van der Waals surface area contributed by atoms with Crippen LogP contribution in [-0.2, 0) is 19.1 Å². The zero-order chi connectivity index (χ0) is 16.0. The molecule has 7 nitrogen and oxygen atoms in total. The number of phenols is 1. The average molecular weight is 298 g/mol. The number of aliphatic hydroxyl groups is 1. The Balaban J connectivity index is 3.00. The zero-order valence-electron chi connectivity index (χ0n) is 12.0. The van der Waals surface area contributed by atoms with E-state index < -0.39 is 24.1 Å². The Morgan fingerprint density at radius 2 is 1.90 bits per heavy atom. The van der Waals surface area contributed by atoms with Crippen molar-refractivity contribution in [3.05, 3.63) is 23.8 Å². The first kappa shape index (κ1) is 16.8. The number of phenolic OH excluding ortho intramolecular Hbond substituents is 1. The van der Waals surface area contributed by atoms with Gasteiger partial charge in [-0.3, -0.25) is 9.59 Å². The molecule has 0 spiro atoms. The van der Waals surface area contributed by atoms with Gasteiger partial charge in [0.1, 0.15) is 12.7 Å². The van der Waals surface area contributed by atoms with Crippen molar-refractivity contribution in [1.29, 1.82) is 0 Å². The maximum Gasteiger partial charge on any atom is 0.303 e. The van der Waals surface area contributed by atoms with Crippen molar-refractivity contribution < 1.29 is 34.0 Å². The van der Waals surface area contributed by atoms with Gasteiger partial charge >= 0.3 is 11.9 Å². The van der Waals surface area contributed by atoms with E-state index in [1.807, 2.05) is 0 Å². The van der Waals surface area contributed by atoms with Crippen LogP contribution in [0.25, 0.3) is 0 Å². The molecule has 2 atom stereocenters. The minimum Gasteiger partial charge on any atom is -0.504 e. The standard InChI is InChI=1S/C14H18O7/c1-8(15)20-7-12(18)14(21-9(2)16)10-4-5-11(17)13(6-10)19-3/h4-6,12,14,17-18H,7H2,1-3H3. The van der Waals surface area contributed by atoms with Crippen LogP contribution in [0.5, 0.6) is 11.5 Å². The minimum atomic E-state index is -1.24. The van der Waals surface area contributed by atoms with E-state index in [2.05, 4.69) is 0 Å². The van der Waals surface area contributed by atoms with Crippen LogP contribution >= 0.6 is 0 Å². The predicted octanol–water partition coefficient (Wildman–Crippen LogP) is 0.929. The Kier molecular flexibility index (Phi) is 5.98. The summed E-state index contributed by atoms with van der Waals surface area (Å²) in [7, 11) is 1.37. The molecule has 0 fully saturated rings. The van der Waals surface area contributed by atoms with Gasteiger partial charge in [0.2, 0.25) is 0 Å². The quantitative estimate of drug-likeness (QED) is 0.753. The summed E-state index contributed by atoms with van der Waals surface area (Å²) in [4.78, 5) is 22.0. The van der Waals surface area contributed by atoms with Crippen LogP contribution in [0.3, 0.4) is 0 Å². The fourth-order valence-corrected chi connectivity index (χ4v) is 1.71. The first-order chi connectivity index (χ1) is 9.85. The minimum absolute atomic E-state index is 0.0858.